The molecule has 22 rings (SSSR count). The van der Waals surface area contributed by atoms with Crippen LogP contribution in [0.5, 0.6) is 0 Å². The van der Waals surface area contributed by atoms with E-state index in [1.165, 1.54) is 120 Å². The van der Waals surface area contributed by atoms with E-state index >= 15 is 0 Å². The molecular formula is C102H64N8. The van der Waals surface area contributed by atoms with Gasteiger partial charge in [0.2, 0.25) is 0 Å². The van der Waals surface area contributed by atoms with Crippen molar-refractivity contribution >= 4 is 108 Å². The zero-order chi connectivity index (χ0) is 72.6. The van der Waals surface area contributed by atoms with Crippen LogP contribution in [0.2, 0.25) is 0 Å². The van der Waals surface area contributed by atoms with E-state index in [0.29, 0.717) is 34.9 Å². The lowest BCUT2D eigenvalue weighted by Gasteiger charge is -2.14. The minimum atomic E-state index is 0.642. The Balaban J connectivity index is 0.000000140. The summed E-state index contributed by atoms with van der Waals surface area (Å²) in [6.45, 7) is 0. The van der Waals surface area contributed by atoms with Crippen molar-refractivity contribution in [2.24, 2.45) is 0 Å². The van der Waals surface area contributed by atoms with Crippen molar-refractivity contribution in [3.05, 3.63) is 388 Å². The van der Waals surface area contributed by atoms with Crippen LogP contribution in [0.25, 0.3) is 210 Å². The lowest BCUT2D eigenvalue weighted by molar-refractivity contribution is 1.07. The molecule has 512 valence electrons. The Hall–Kier alpha value is -14.9. The van der Waals surface area contributed by atoms with Crippen LogP contribution in [0.15, 0.2) is 388 Å². The molecule has 18 aromatic carbocycles. The van der Waals surface area contributed by atoms with Gasteiger partial charge in [0.1, 0.15) is 0 Å². The Morgan fingerprint density at radius 2 is 0.427 bits per heavy atom. The standard InChI is InChI=1S/2C51H32N4/c1-3-14-34(15-4-1)49-52-50(35-16-5-2-6-17-35)54-51(53-49)39-20-13-19-36(30-39)37-27-26-33-28-29-46-48(44(33)31-37)43-24-11-12-25-45(43)55(46)47-32-38-18-7-8-21-40(38)41-22-9-10-23-42(41)47;1-3-13-35(14-4-1)49-52-50(36-15-5-2-6-16-36)54-51(53-49)37-26-23-33(24-27-37)38-28-25-34-29-30-46-48(44(34)31-38)43-21-11-12-22-45(43)55(46)47-32-39-17-7-8-18-40(39)41-19-9-10-20-42(41)47/h2*1-32H. The molecule has 0 atom stereocenters. The molecule has 4 heterocycles. The molecule has 22 aromatic rings. The van der Waals surface area contributed by atoms with Gasteiger partial charge in [0, 0.05) is 65.7 Å². The molecule has 0 saturated carbocycles. The van der Waals surface area contributed by atoms with Crippen molar-refractivity contribution in [3.63, 3.8) is 0 Å². The third-order valence-electron chi connectivity index (χ3n) is 21.6. The lowest BCUT2D eigenvalue weighted by Crippen LogP contribution is -2.00. The molecular weight excluding hydrogens is 1340 g/mol. The molecule has 0 radical (unpaired) electrons. The molecule has 0 spiro atoms. The van der Waals surface area contributed by atoms with Gasteiger partial charge < -0.3 is 9.13 Å². The first-order chi connectivity index (χ1) is 54.5. The van der Waals surface area contributed by atoms with E-state index in [1.54, 1.807) is 0 Å². The van der Waals surface area contributed by atoms with Crippen LogP contribution in [0, 0.1) is 0 Å². The quantitative estimate of drug-likeness (QED) is 0.127. The number of rotatable bonds is 10. The summed E-state index contributed by atoms with van der Waals surface area (Å²) in [6, 6.07) is 138. The zero-order valence-corrected chi connectivity index (χ0v) is 59.5. The van der Waals surface area contributed by atoms with Crippen LogP contribution in [0.1, 0.15) is 0 Å². The maximum atomic E-state index is 5.01. The average molecular weight is 1400 g/mol. The molecule has 110 heavy (non-hydrogen) atoms. The molecule has 4 aromatic heterocycles. The minimum Gasteiger partial charge on any atom is -0.309 e. The van der Waals surface area contributed by atoms with Gasteiger partial charge in [-0.3, -0.25) is 0 Å². The molecule has 0 bridgehead atoms. The molecule has 8 heteroatoms. The normalized spacial score (nSPS) is 11.6. The van der Waals surface area contributed by atoms with Gasteiger partial charge in [0.05, 0.1) is 33.4 Å². The Labute approximate surface area is 633 Å². The number of nitrogens with zero attached hydrogens (tertiary/aromatic N) is 8. The fraction of sp³-hybridized carbons (Fsp3) is 0. The minimum absolute atomic E-state index is 0.642. The highest BCUT2D eigenvalue weighted by Gasteiger charge is 2.22. The van der Waals surface area contributed by atoms with E-state index in [4.69, 9.17) is 29.9 Å². The van der Waals surface area contributed by atoms with Gasteiger partial charge in [-0.05, 0) is 131 Å². The van der Waals surface area contributed by atoms with E-state index in [-0.39, 0.29) is 0 Å². The Morgan fingerprint density at radius 1 is 0.145 bits per heavy atom. The van der Waals surface area contributed by atoms with E-state index < -0.39 is 0 Å². The Bertz CT molecular complexity index is 7260. The predicted molar refractivity (Wildman–Crippen MR) is 457 cm³/mol. The van der Waals surface area contributed by atoms with Crippen molar-refractivity contribution in [2.75, 3.05) is 0 Å². The largest absolute Gasteiger partial charge is 0.309 e. The number of aromatic nitrogens is 8. The monoisotopic (exact) mass is 1400 g/mol. The number of benzene rings is 18. The SMILES string of the molecule is c1ccc(-c2nc(-c3ccccc3)nc(-c3ccc(-c4ccc5ccc6c(c5c4)c4ccccc4n6-c4cc5ccccc5c5ccccc45)cc3)n2)cc1.c1ccc(-c2nc(-c3ccccc3)nc(-c3cccc(-c4ccc5ccc6c(c5c4)c4ccccc4n6-c4cc5ccccc5c5ccccc45)c3)n2)cc1. The first kappa shape index (κ1) is 63.6. The van der Waals surface area contributed by atoms with Gasteiger partial charge in [-0.1, -0.05) is 334 Å². The summed E-state index contributed by atoms with van der Waals surface area (Å²) in [7, 11) is 0. The van der Waals surface area contributed by atoms with Gasteiger partial charge in [0.25, 0.3) is 0 Å². The lowest BCUT2D eigenvalue weighted by atomic mass is 9.97. The third-order valence-corrected chi connectivity index (χ3v) is 21.6. The number of hydrogen-bond acceptors (Lipinski definition) is 6. The van der Waals surface area contributed by atoms with Crippen molar-refractivity contribution < 1.29 is 0 Å². The summed E-state index contributed by atoms with van der Waals surface area (Å²) < 4.78 is 4.92. The van der Waals surface area contributed by atoms with Gasteiger partial charge >= 0.3 is 0 Å². The highest BCUT2D eigenvalue weighted by molar-refractivity contribution is 6.25. The summed E-state index contributed by atoms with van der Waals surface area (Å²) >= 11 is 0. The molecule has 0 N–H and O–H groups in total. The first-order valence-corrected chi connectivity index (χ1v) is 37.2. The van der Waals surface area contributed by atoms with Crippen LogP contribution in [-0.4, -0.2) is 39.0 Å². The fourth-order valence-electron chi connectivity index (χ4n) is 16.4. The summed E-state index contributed by atoms with van der Waals surface area (Å²) in [5, 5.41) is 19.9. The van der Waals surface area contributed by atoms with Gasteiger partial charge in [-0.15, -0.1) is 0 Å². The zero-order valence-electron chi connectivity index (χ0n) is 59.5. The smallest absolute Gasteiger partial charge is 0.164 e. The van der Waals surface area contributed by atoms with Gasteiger partial charge in [-0.25, -0.2) is 29.9 Å². The van der Waals surface area contributed by atoms with Crippen LogP contribution >= 0.6 is 0 Å². The van der Waals surface area contributed by atoms with Crippen LogP contribution in [-0.2, 0) is 0 Å². The van der Waals surface area contributed by atoms with E-state index in [1.807, 2.05) is 121 Å². The van der Waals surface area contributed by atoms with E-state index in [2.05, 4.69) is 276 Å². The molecule has 0 aliphatic carbocycles. The summed E-state index contributed by atoms with van der Waals surface area (Å²) in [5.74, 6) is 3.90. The second-order valence-corrected chi connectivity index (χ2v) is 28.1. The maximum absolute atomic E-state index is 5.01. The molecule has 0 aliphatic rings. The van der Waals surface area contributed by atoms with Crippen molar-refractivity contribution in [1.29, 1.82) is 0 Å². The van der Waals surface area contributed by atoms with E-state index in [9.17, 15) is 0 Å². The number of hydrogen-bond donors (Lipinski definition) is 0. The second kappa shape index (κ2) is 26.6. The highest BCUT2D eigenvalue weighted by Crippen LogP contribution is 2.45. The van der Waals surface area contributed by atoms with Crippen molar-refractivity contribution in [1.82, 2.24) is 39.0 Å². The first-order valence-electron chi connectivity index (χ1n) is 37.2. The second-order valence-electron chi connectivity index (χ2n) is 28.1. The third kappa shape index (κ3) is 11.1. The molecule has 8 nitrogen and oxygen atoms in total. The van der Waals surface area contributed by atoms with Crippen molar-refractivity contribution in [3.8, 4) is 102 Å². The topological polar surface area (TPSA) is 87.2 Å². The number of fused-ring (bicyclic) bond motifs is 16. The van der Waals surface area contributed by atoms with Crippen LogP contribution < -0.4 is 0 Å². The molecule has 0 saturated heterocycles. The Kier molecular flexibility index (Phi) is 15.4. The van der Waals surface area contributed by atoms with Crippen LogP contribution in [0.3, 0.4) is 0 Å². The summed E-state index contributed by atoms with van der Waals surface area (Å²) in [4.78, 5) is 29.7. The van der Waals surface area contributed by atoms with Gasteiger partial charge in [0.15, 0.2) is 34.9 Å². The Morgan fingerprint density at radius 3 is 0.845 bits per heavy atom. The summed E-state index contributed by atoms with van der Waals surface area (Å²) in [6.07, 6.45) is 0. The number of para-hydroxylation sites is 2. The van der Waals surface area contributed by atoms with Crippen molar-refractivity contribution in [2.45, 2.75) is 0 Å². The summed E-state index contributed by atoms with van der Waals surface area (Å²) in [5.41, 5.74) is 17.4. The van der Waals surface area contributed by atoms with Crippen LogP contribution in [0.4, 0.5) is 0 Å². The predicted octanol–water partition coefficient (Wildman–Crippen LogP) is 26.2. The average Bonchev–Trinajstić information content (AvgIpc) is 1.57. The maximum Gasteiger partial charge on any atom is 0.164 e. The van der Waals surface area contributed by atoms with Gasteiger partial charge in [-0.2, -0.15) is 0 Å². The highest BCUT2D eigenvalue weighted by atomic mass is 15.0. The molecule has 0 aliphatic heterocycles. The molecule has 0 amide bonds. The molecule has 0 fully saturated rings. The fourth-order valence-corrected chi connectivity index (χ4v) is 16.4. The molecule has 0 unspecified atom stereocenters. The van der Waals surface area contributed by atoms with E-state index in [0.717, 1.165) is 55.6 Å².